The first kappa shape index (κ1) is 70.4. The Morgan fingerprint density at radius 1 is 0.202 bits per heavy atom. The maximum Gasteiger partial charge on any atom is 0.171 e. The van der Waals surface area contributed by atoms with Crippen molar-refractivity contribution in [1.29, 1.82) is 0 Å². The Bertz CT molecular complexity index is 6870. The molecule has 0 aliphatic heterocycles. The fourth-order valence-corrected chi connectivity index (χ4v) is 21.6. The van der Waals surface area contributed by atoms with Gasteiger partial charge in [-0.15, -0.1) is 11.3 Å². The summed E-state index contributed by atoms with van der Waals surface area (Å²) in [6.07, 6.45) is 0. The van der Waals surface area contributed by atoms with Crippen LogP contribution in [0.25, 0.3) is 155 Å². The van der Waals surface area contributed by atoms with E-state index in [4.69, 9.17) is 34.3 Å². The van der Waals surface area contributed by atoms with E-state index in [0.29, 0.717) is 34.9 Å². The van der Waals surface area contributed by atoms with Gasteiger partial charge >= 0.3 is 0 Å². The van der Waals surface area contributed by atoms with Gasteiger partial charge in [0.25, 0.3) is 0 Å². The van der Waals surface area contributed by atoms with E-state index < -0.39 is 14.3 Å². The predicted octanol–water partition coefficient (Wildman–Crippen LogP) is 24.0. The van der Waals surface area contributed by atoms with Crippen LogP contribution in [-0.4, -0.2) is 29.9 Å². The van der Waals surface area contributed by atoms with Crippen molar-refractivity contribution in [3.05, 3.63) is 413 Å². The molecule has 0 radical (unpaired) electrons. The molecule has 12 heteroatoms. The second-order valence-electron chi connectivity index (χ2n) is 27.9. The first-order valence-corrected chi connectivity index (χ1v) is 42.0. The molecule has 4 aromatic heterocycles. The summed E-state index contributed by atoms with van der Waals surface area (Å²) in [6.45, 7) is 0. The van der Waals surface area contributed by atoms with Gasteiger partial charge in [-0.05, 0) is 68.8 Å². The third-order valence-corrected chi connectivity index (χ3v) is 28.3. The number of benzene rings is 16. The van der Waals surface area contributed by atoms with Gasteiger partial charge in [0.15, 0.2) is 49.2 Å². The Hall–Kier alpha value is -14.0. The molecule has 0 bridgehead atoms. The van der Waals surface area contributed by atoms with Crippen LogP contribution in [0.3, 0.4) is 0 Å². The zero-order chi connectivity index (χ0) is 76.4. The summed E-state index contributed by atoms with van der Waals surface area (Å²) < 4.78 is 38.2. The van der Waals surface area contributed by atoms with Gasteiger partial charge in [-0.1, -0.05) is 388 Å². The molecule has 20 aromatic rings. The molecular formula is C102H68N6O3P2S. The molecule has 0 aliphatic carbocycles. The molecule has 540 valence electrons. The van der Waals surface area contributed by atoms with E-state index in [1.54, 1.807) is 11.3 Å². The summed E-state index contributed by atoms with van der Waals surface area (Å²) in [5, 5.41) is 9.41. The fraction of sp³-hybridized carbons (Fsp3) is 0. The molecule has 0 amide bonds. The van der Waals surface area contributed by atoms with E-state index in [1.165, 1.54) is 20.2 Å². The minimum atomic E-state index is -3.03. The lowest BCUT2D eigenvalue weighted by molar-refractivity contribution is 0.591. The van der Waals surface area contributed by atoms with Crippen molar-refractivity contribution in [2.75, 3.05) is 0 Å². The number of nitrogens with zero attached hydrogens (tertiary/aromatic N) is 6. The summed E-state index contributed by atoms with van der Waals surface area (Å²) in [5.41, 5.74) is 15.9. The lowest BCUT2D eigenvalue weighted by Gasteiger charge is -2.20. The highest BCUT2D eigenvalue weighted by molar-refractivity contribution is 7.85. The molecule has 0 unspecified atom stereocenters. The van der Waals surface area contributed by atoms with Crippen LogP contribution in [0.1, 0.15) is 0 Å². The monoisotopic (exact) mass is 1520 g/mol. The van der Waals surface area contributed by atoms with Crippen molar-refractivity contribution in [3.63, 3.8) is 0 Å². The molecular weight excluding hydrogens is 1450 g/mol. The third kappa shape index (κ3) is 13.6. The highest BCUT2D eigenvalue weighted by Crippen LogP contribution is 2.46. The van der Waals surface area contributed by atoms with Crippen LogP contribution in [0.2, 0.25) is 0 Å². The van der Waals surface area contributed by atoms with Crippen LogP contribution in [-0.2, 0) is 9.13 Å². The molecule has 0 saturated heterocycles. The molecule has 0 N–H and O–H groups in total. The summed E-state index contributed by atoms with van der Waals surface area (Å²) in [6, 6.07) is 139. The van der Waals surface area contributed by atoms with E-state index in [-0.39, 0.29) is 0 Å². The minimum Gasteiger partial charge on any atom is -0.456 e. The highest BCUT2D eigenvalue weighted by Gasteiger charge is 2.31. The van der Waals surface area contributed by atoms with Gasteiger partial charge in [0.1, 0.15) is 11.2 Å². The van der Waals surface area contributed by atoms with Crippen LogP contribution >= 0.6 is 25.6 Å². The van der Waals surface area contributed by atoms with Gasteiger partial charge < -0.3 is 13.5 Å². The van der Waals surface area contributed by atoms with Crippen LogP contribution in [0.4, 0.5) is 0 Å². The largest absolute Gasteiger partial charge is 0.456 e. The Kier molecular flexibility index (Phi) is 19.0. The van der Waals surface area contributed by atoms with Gasteiger partial charge in [-0.2, -0.15) is 0 Å². The van der Waals surface area contributed by atoms with Crippen molar-refractivity contribution in [3.8, 4) is 113 Å². The fourth-order valence-electron chi connectivity index (χ4n) is 15.1. The van der Waals surface area contributed by atoms with Crippen LogP contribution in [0, 0.1) is 0 Å². The number of para-hydroxylation sites is 1. The SMILES string of the molecule is O=P(c1ccccc1)(c1ccccc1)c1ccc(-c2ccc(-c3ccc(-c4nc(-c5ccccc5)nc(-c5cccc6c5sc5ccccc56)n4)cc3)cc2)cc1.O=P(c1ccccc1)(c1ccccc1)c1ccc(-c2ccc(-c3ccc(-c4nc(-c5ccccc5)nc(-c5cccc6oc7ccccc7c56)n4)cc3)cc2)cc1. The van der Waals surface area contributed by atoms with Gasteiger partial charge in [0.05, 0.1) is 0 Å². The smallest absolute Gasteiger partial charge is 0.171 e. The normalized spacial score (nSPS) is 11.6. The minimum absolute atomic E-state index is 0.589. The van der Waals surface area contributed by atoms with Crippen molar-refractivity contribution in [2.45, 2.75) is 0 Å². The van der Waals surface area contributed by atoms with Crippen molar-refractivity contribution in [1.82, 2.24) is 29.9 Å². The molecule has 0 saturated carbocycles. The van der Waals surface area contributed by atoms with Crippen LogP contribution in [0.15, 0.2) is 417 Å². The Balaban J connectivity index is 0.000000153. The molecule has 16 aromatic carbocycles. The maximum atomic E-state index is 14.8. The topological polar surface area (TPSA) is 125 Å². The van der Waals surface area contributed by atoms with Gasteiger partial charge in [0, 0.05) is 96.2 Å². The number of hydrogen-bond donors (Lipinski definition) is 0. The lowest BCUT2D eigenvalue weighted by atomic mass is 9.99. The van der Waals surface area contributed by atoms with Crippen LogP contribution < -0.4 is 31.8 Å². The zero-order valence-corrected chi connectivity index (χ0v) is 64.1. The quantitative estimate of drug-likeness (QED) is 0.0870. The van der Waals surface area contributed by atoms with E-state index in [0.717, 1.165) is 132 Å². The highest BCUT2D eigenvalue weighted by atomic mass is 32.1. The van der Waals surface area contributed by atoms with E-state index >= 15 is 0 Å². The molecule has 4 heterocycles. The van der Waals surface area contributed by atoms with E-state index in [2.05, 4.69) is 170 Å². The summed E-state index contributed by atoms with van der Waals surface area (Å²) in [4.78, 5) is 30.1. The van der Waals surface area contributed by atoms with Crippen molar-refractivity contribution < 1.29 is 13.5 Å². The van der Waals surface area contributed by atoms with E-state index in [9.17, 15) is 9.13 Å². The number of hydrogen-bond acceptors (Lipinski definition) is 10. The number of furan rings is 1. The Morgan fingerprint density at radius 3 is 0.860 bits per heavy atom. The van der Waals surface area contributed by atoms with Gasteiger partial charge in [-0.25, -0.2) is 29.9 Å². The predicted molar refractivity (Wildman–Crippen MR) is 473 cm³/mol. The number of rotatable bonds is 16. The standard InChI is InChI=1S/C51H34N3O2P.C51H34N3OPS/c55-57(41-15-6-2-7-16-41,42-17-8-3-9-18-42)43-33-31-38(32-34-43)36-25-23-35(24-26-36)37-27-29-40(30-28-37)50-52-49(39-13-4-1-5-14-39)53-51(54-50)45-20-12-22-47-48(45)44-19-10-11-21-46(44)56-47;55-56(41-15-6-2-7-16-41,42-17-8-3-9-18-42)43-33-31-38(32-34-43)36-25-23-35(24-26-36)37-27-29-40(30-28-37)50-52-49(39-13-4-1-5-14-39)53-51(54-50)46-21-12-20-45-44-19-10-11-22-47(44)57-48(45)46/h2*1-34H. The second-order valence-corrected chi connectivity index (χ2v) is 34.5. The molecule has 9 nitrogen and oxygen atoms in total. The number of aromatic nitrogens is 6. The second kappa shape index (κ2) is 30.7. The number of fused-ring (bicyclic) bond motifs is 6. The average Bonchev–Trinajstić information content (AvgIpc) is 1.62. The molecule has 0 aliphatic rings. The first-order valence-electron chi connectivity index (χ1n) is 37.7. The third-order valence-electron chi connectivity index (χ3n) is 21.0. The lowest BCUT2D eigenvalue weighted by Crippen LogP contribution is -2.24. The summed E-state index contributed by atoms with van der Waals surface area (Å²) in [7, 11) is -6.06. The Labute approximate surface area is 663 Å². The molecule has 0 spiro atoms. The molecule has 0 atom stereocenters. The average molecular weight is 1520 g/mol. The zero-order valence-electron chi connectivity index (χ0n) is 61.5. The van der Waals surface area contributed by atoms with Crippen molar-refractivity contribution in [2.24, 2.45) is 0 Å². The van der Waals surface area contributed by atoms with Crippen LogP contribution in [0.5, 0.6) is 0 Å². The summed E-state index contributed by atoms with van der Waals surface area (Å²) >= 11 is 1.77. The van der Waals surface area contributed by atoms with E-state index in [1.807, 2.05) is 243 Å². The van der Waals surface area contributed by atoms with Gasteiger partial charge in [0.2, 0.25) is 0 Å². The number of thiophene rings is 1. The molecule has 114 heavy (non-hydrogen) atoms. The first-order chi connectivity index (χ1) is 56.2. The maximum absolute atomic E-state index is 14.8. The Morgan fingerprint density at radius 2 is 0.465 bits per heavy atom. The van der Waals surface area contributed by atoms with Crippen molar-refractivity contribution >= 4 is 99.6 Å². The summed E-state index contributed by atoms with van der Waals surface area (Å²) in [5.74, 6) is 3.73. The molecule has 20 rings (SSSR count). The molecule has 0 fully saturated rings. The van der Waals surface area contributed by atoms with Gasteiger partial charge in [-0.3, -0.25) is 0 Å².